The van der Waals surface area contributed by atoms with E-state index >= 15 is 0 Å². The van der Waals surface area contributed by atoms with E-state index in [2.05, 4.69) is 0 Å². The van der Waals surface area contributed by atoms with Crippen molar-refractivity contribution < 1.29 is 19.8 Å². The molecule has 108 valence electrons. The number of aromatic carboxylic acids is 2. The zero-order valence-electron chi connectivity index (χ0n) is 10.7. The quantitative estimate of drug-likeness (QED) is 0.639. The van der Waals surface area contributed by atoms with Crippen LogP contribution in [0.25, 0.3) is 0 Å². The fourth-order valence-corrected chi connectivity index (χ4v) is 2.65. The van der Waals surface area contributed by atoms with Gasteiger partial charge in [0.05, 0.1) is 11.1 Å². The molecule has 0 radical (unpaired) electrons. The molecule has 0 heterocycles. The predicted octanol–water partition coefficient (Wildman–Crippen LogP) is 2.40. The average molecular weight is 304 g/mol. The Morgan fingerprint density at radius 1 is 0.810 bits per heavy atom. The molecule has 0 bridgehead atoms. The van der Waals surface area contributed by atoms with Gasteiger partial charge in [-0.25, -0.2) is 9.59 Å². The van der Waals surface area contributed by atoms with Gasteiger partial charge in [0, 0.05) is 21.2 Å². The maximum absolute atomic E-state index is 10.9. The van der Waals surface area contributed by atoms with E-state index in [-0.39, 0.29) is 22.5 Å². The van der Waals surface area contributed by atoms with Gasteiger partial charge in [-0.2, -0.15) is 0 Å². The summed E-state index contributed by atoms with van der Waals surface area (Å²) in [6.07, 6.45) is 0. The molecule has 0 saturated carbocycles. The minimum Gasteiger partial charge on any atom is -0.478 e. The Morgan fingerprint density at radius 2 is 1.19 bits per heavy atom. The molecule has 0 aliphatic carbocycles. The Labute approximate surface area is 124 Å². The molecule has 0 aliphatic rings. The minimum atomic E-state index is -1.08. The van der Waals surface area contributed by atoms with Gasteiger partial charge in [-0.05, 0) is 36.4 Å². The molecular weight excluding hydrogens is 292 g/mol. The predicted molar refractivity (Wildman–Crippen MR) is 79.8 cm³/mol. The smallest absolute Gasteiger partial charge is 0.337 e. The zero-order valence-corrected chi connectivity index (χ0v) is 11.6. The molecule has 2 rings (SSSR count). The molecule has 0 unspecified atom stereocenters. The molecule has 7 heteroatoms. The van der Waals surface area contributed by atoms with E-state index in [0.29, 0.717) is 0 Å². The second kappa shape index (κ2) is 5.76. The van der Waals surface area contributed by atoms with Crippen molar-refractivity contribution in [3.05, 3.63) is 47.5 Å². The Kier molecular flexibility index (Phi) is 4.04. The fraction of sp³-hybridized carbons (Fsp3) is 0. The van der Waals surface area contributed by atoms with Crippen LogP contribution in [0, 0.1) is 0 Å². The number of carbonyl (C=O) groups is 2. The van der Waals surface area contributed by atoms with Gasteiger partial charge in [0.15, 0.2) is 0 Å². The summed E-state index contributed by atoms with van der Waals surface area (Å²) in [5.41, 5.74) is 11.8. The highest BCUT2D eigenvalue weighted by molar-refractivity contribution is 7.99. The van der Waals surface area contributed by atoms with Crippen LogP contribution in [0.15, 0.2) is 46.2 Å². The van der Waals surface area contributed by atoms with Crippen molar-refractivity contribution in [2.24, 2.45) is 0 Å². The first-order valence-corrected chi connectivity index (χ1v) is 6.63. The van der Waals surface area contributed by atoms with Gasteiger partial charge < -0.3 is 21.7 Å². The number of rotatable bonds is 4. The number of carboxylic acids is 2. The van der Waals surface area contributed by atoms with E-state index in [9.17, 15) is 9.59 Å². The monoisotopic (exact) mass is 304 g/mol. The molecule has 6 nitrogen and oxygen atoms in total. The van der Waals surface area contributed by atoms with Crippen LogP contribution in [0.3, 0.4) is 0 Å². The molecule has 0 spiro atoms. The van der Waals surface area contributed by atoms with Gasteiger partial charge in [0.1, 0.15) is 0 Å². The van der Waals surface area contributed by atoms with E-state index in [1.165, 1.54) is 23.9 Å². The highest BCUT2D eigenvalue weighted by Crippen LogP contribution is 2.32. The summed E-state index contributed by atoms with van der Waals surface area (Å²) in [5.74, 6) is -2.17. The number of hydrogen-bond donors (Lipinski definition) is 4. The second-order valence-electron chi connectivity index (χ2n) is 4.21. The standard InChI is InChI=1S/C14H12N2O4S/c15-11-5-7(1-3-9(11)13(17)18)21-8-2-4-10(14(19)20)12(16)6-8/h1-6H,15-16H2,(H,17,18)(H,19,20). The first-order chi connectivity index (χ1) is 9.88. The van der Waals surface area contributed by atoms with Crippen LogP contribution in [0.5, 0.6) is 0 Å². The largest absolute Gasteiger partial charge is 0.478 e. The van der Waals surface area contributed by atoms with Crippen LogP contribution in [-0.4, -0.2) is 22.2 Å². The summed E-state index contributed by atoms with van der Waals surface area (Å²) in [4.78, 5) is 23.2. The van der Waals surface area contributed by atoms with Gasteiger partial charge in [-0.3, -0.25) is 0 Å². The van der Waals surface area contributed by atoms with Crippen LogP contribution in [0.4, 0.5) is 11.4 Å². The number of nitrogen functional groups attached to an aromatic ring is 2. The normalized spacial score (nSPS) is 10.3. The first-order valence-electron chi connectivity index (χ1n) is 5.82. The number of carboxylic acid groups (broad SMARTS) is 2. The van der Waals surface area contributed by atoms with Gasteiger partial charge in [0.25, 0.3) is 0 Å². The molecular formula is C14H12N2O4S. The maximum Gasteiger partial charge on any atom is 0.337 e. The lowest BCUT2D eigenvalue weighted by Crippen LogP contribution is -2.02. The minimum absolute atomic E-state index is 0.0417. The molecule has 0 amide bonds. The number of hydrogen-bond acceptors (Lipinski definition) is 5. The Bertz CT molecular complexity index is 669. The number of nitrogens with two attached hydrogens (primary N) is 2. The molecule has 0 saturated heterocycles. The lowest BCUT2D eigenvalue weighted by molar-refractivity contribution is 0.0687. The van der Waals surface area contributed by atoms with Crippen LogP contribution >= 0.6 is 11.8 Å². The van der Waals surface area contributed by atoms with E-state index in [1.54, 1.807) is 24.3 Å². The lowest BCUT2D eigenvalue weighted by atomic mass is 10.2. The van der Waals surface area contributed by atoms with Crippen LogP contribution < -0.4 is 11.5 Å². The topological polar surface area (TPSA) is 127 Å². The van der Waals surface area contributed by atoms with Crippen molar-refractivity contribution >= 4 is 35.1 Å². The van der Waals surface area contributed by atoms with Gasteiger partial charge in [-0.15, -0.1) is 0 Å². The van der Waals surface area contributed by atoms with Crippen molar-refractivity contribution in [3.8, 4) is 0 Å². The van der Waals surface area contributed by atoms with Crippen molar-refractivity contribution in [1.82, 2.24) is 0 Å². The summed E-state index contributed by atoms with van der Waals surface area (Å²) in [7, 11) is 0. The van der Waals surface area contributed by atoms with Crippen LogP contribution in [-0.2, 0) is 0 Å². The molecule has 0 aliphatic heterocycles. The lowest BCUT2D eigenvalue weighted by Gasteiger charge is -2.07. The highest BCUT2D eigenvalue weighted by Gasteiger charge is 2.11. The maximum atomic E-state index is 10.9. The van der Waals surface area contributed by atoms with Crippen LogP contribution in [0.1, 0.15) is 20.7 Å². The van der Waals surface area contributed by atoms with Gasteiger partial charge >= 0.3 is 11.9 Å². The summed E-state index contributed by atoms with van der Waals surface area (Å²) in [6, 6.07) is 9.21. The Morgan fingerprint density at radius 3 is 1.48 bits per heavy atom. The van der Waals surface area contributed by atoms with Gasteiger partial charge in [-0.1, -0.05) is 11.8 Å². The highest BCUT2D eigenvalue weighted by atomic mass is 32.2. The molecule has 0 fully saturated rings. The molecule has 0 atom stereocenters. The van der Waals surface area contributed by atoms with E-state index in [1.807, 2.05) is 0 Å². The summed E-state index contributed by atoms with van der Waals surface area (Å²) >= 11 is 1.31. The third-order valence-electron chi connectivity index (χ3n) is 2.74. The zero-order chi connectivity index (χ0) is 15.6. The molecule has 2 aromatic carbocycles. The van der Waals surface area contributed by atoms with Crippen molar-refractivity contribution in [1.29, 1.82) is 0 Å². The van der Waals surface area contributed by atoms with Crippen LogP contribution in [0.2, 0.25) is 0 Å². The Hall–Kier alpha value is -2.67. The summed E-state index contributed by atoms with van der Waals surface area (Å²) < 4.78 is 0. The first kappa shape index (κ1) is 14.7. The molecule has 0 aromatic heterocycles. The van der Waals surface area contributed by atoms with Crippen molar-refractivity contribution in [3.63, 3.8) is 0 Å². The Balaban J connectivity index is 2.26. The van der Waals surface area contributed by atoms with E-state index < -0.39 is 11.9 Å². The summed E-state index contributed by atoms with van der Waals surface area (Å²) in [5, 5.41) is 17.8. The van der Waals surface area contributed by atoms with Crippen molar-refractivity contribution in [2.45, 2.75) is 9.79 Å². The SMILES string of the molecule is Nc1cc(Sc2ccc(C(=O)O)c(N)c2)ccc1C(=O)O. The molecule has 21 heavy (non-hydrogen) atoms. The third kappa shape index (κ3) is 3.26. The molecule has 2 aromatic rings. The van der Waals surface area contributed by atoms with E-state index in [4.69, 9.17) is 21.7 Å². The summed E-state index contributed by atoms with van der Waals surface area (Å²) in [6.45, 7) is 0. The second-order valence-corrected chi connectivity index (χ2v) is 5.36. The average Bonchev–Trinajstić information content (AvgIpc) is 2.37. The van der Waals surface area contributed by atoms with Gasteiger partial charge in [0.2, 0.25) is 0 Å². The van der Waals surface area contributed by atoms with E-state index in [0.717, 1.165) is 9.79 Å². The third-order valence-corrected chi connectivity index (χ3v) is 3.72. The molecule has 6 N–H and O–H groups in total. The fourth-order valence-electron chi connectivity index (χ4n) is 1.73. The van der Waals surface area contributed by atoms with Crippen molar-refractivity contribution in [2.75, 3.05) is 11.5 Å². The number of benzene rings is 2. The number of anilines is 2.